The lowest BCUT2D eigenvalue weighted by Crippen LogP contribution is -2.34. The Hall–Kier alpha value is -4.77. The summed E-state index contributed by atoms with van der Waals surface area (Å²) < 4.78 is 11.2. The summed E-state index contributed by atoms with van der Waals surface area (Å²) in [6.07, 6.45) is 3.81. The Kier molecular flexibility index (Phi) is 10.1. The first-order valence-electron chi connectivity index (χ1n) is 11.7. The van der Waals surface area contributed by atoms with E-state index in [1.807, 2.05) is 25.1 Å². The predicted molar refractivity (Wildman–Crippen MR) is 136 cm³/mol. The van der Waals surface area contributed by atoms with Gasteiger partial charge in [0.05, 0.1) is 31.3 Å². The summed E-state index contributed by atoms with van der Waals surface area (Å²) >= 11 is 0. The molecule has 0 aromatic heterocycles. The molecular weight excluding hydrogens is 474 g/mol. The van der Waals surface area contributed by atoms with Crippen molar-refractivity contribution in [2.75, 3.05) is 26.9 Å². The number of hydrazone groups is 1. The Balaban J connectivity index is 1.59. The Bertz CT molecular complexity index is 1250. The second kappa shape index (κ2) is 14.0. The van der Waals surface area contributed by atoms with Crippen LogP contribution in [-0.4, -0.2) is 55.8 Å². The van der Waals surface area contributed by atoms with Crippen LogP contribution < -0.4 is 9.47 Å². The van der Waals surface area contributed by atoms with E-state index >= 15 is 0 Å². The number of benzene rings is 2. The van der Waals surface area contributed by atoms with Crippen molar-refractivity contribution in [2.45, 2.75) is 32.2 Å². The summed E-state index contributed by atoms with van der Waals surface area (Å²) in [6.45, 7) is 2.83. The second-order valence-electron chi connectivity index (χ2n) is 7.86. The number of nitriles is 2. The molecule has 11 nitrogen and oxygen atoms in total. The van der Waals surface area contributed by atoms with Crippen LogP contribution in [0.2, 0.25) is 0 Å². The van der Waals surface area contributed by atoms with Crippen LogP contribution in [0.15, 0.2) is 63.0 Å². The Morgan fingerprint density at radius 3 is 2.81 bits per heavy atom. The smallest absolute Gasteiger partial charge is 0.283 e. The molecule has 0 atom stereocenters. The number of carbonyl (C=O) groups is 1. The summed E-state index contributed by atoms with van der Waals surface area (Å²) in [5.74, 6) is 0.980. The van der Waals surface area contributed by atoms with Gasteiger partial charge in [-0.05, 0) is 55.2 Å². The highest BCUT2D eigenvalue weighted by Gasteiger charge is 2.20. The van der Waals surface area contributed by atoms with Crippen molar-refractivity contribution in [1.29, 1.82) is 10.5 Å². The first-order valence-corrected chi connectivity index (χ1v) is 11.7. The molecular formula is C26H27N7O4. The number of oxime groups is 1. The molecule has 3 rings (SSSR count). The highest BCUT2D eigenvalue weighted by Crippen LogP contribution is 2.29. The first kappa shape index (κ1) is 26.8. The third kappa shape index (κ3) is 7.87. The highest BCUT2D eigenvalue weighted by molar-refractivity contribution is 6.02. The van der Waals surface area contributed by atoms with Crippen molar-refractivity contribution in [3.63, 3.8) is 0 Å². The molecule has 0 unspecified atom stereocenters. The second-order valence-corrected chi connectivity index (χ2v) is 7.86. The number of methoxy groups -OCH3 is 1. The van der Waals surface area contributed by atoms with E-state index in [-0.39, 0.29) is 12.5 Å². The van der Waals surface area contributed by atoms with E-state index in [0.717, 1.165) is 30.5 Å². The quantitative estimate of drug-likeness (QED) is 0.254. The van der Waals surface area contributed by atoms with Gasteiger partial charge in [0.15, 0.2) is 18.1 Å². The number of hydrogen-bond acceptors (Lipinski definition) is 10. The van der Waals surface area contributed by atoms with E-state index in [9.17, 15) is 4.79 Å². The summed E-state index contributed by atoms with van der Waals surface area (Å²) in [4.78, 5) is 17.8. The first-order chi connectivity index (χ1) is 18.1. The van der Waals surface area contributed by atoms with Crippen molar-refractivity contribution < 1.29 is 19.1 Å². The average Bonchev–Trinajstić information content (AvgIpc) is 2.94. The van der Waals surface area contributed by atoms with Crippen LogP contribution in [0.4, 0.5) is 5.69 Å². The molecule has 11 heteroatoms. The van der Waals surface area contributed by atoms with E-state index in [1.54, 1.807) is 43.5 Å². The Morgan fingerprint density at radius 1 is 1.22 bits per heavy atom. The number of azo groups is 1. The lowest BCUT2D eigenvalue weighted by molar-refractivity contribution is -0.136. The van der Waals surface area contributed by atoms with E-state index in [1.165, 1.54) is 11.2 Å². The minimum atomic E-state index is -1.16. The molecule has 37 heavy (non-hydrogen) atoms. The van der Waals surface area contributed by atoms with E-state index in [0.29, 0.717) is 35.9 Å². The lowest BCUT2D eigenvalue weighted by atomic mass is 10.0. The summed E-state index contributed by atoms with van der Waals surface area (Å²) in [7, 11) is 1.60. The number of carbonyl (C=O) groups excluding carboxylic acids is 1. The van der Waals surface area contributed by atoms with Gasteiger partial charge in [0, 0.05) is 12.1 Å². The minimum Gasteiger partial charge on any atom is -0.493 e. The van der Waals surface area contributed by atoms with Crippen LogP contribution in [0.5, 0.6) is 11.5 Å². The fourth-order valence-corrected chi connectivity index (χ4v) is 3.34. The number of ether oxygens (including phenoxy) is 2. The number of rotatable bonds is 11. The van der Waals surface area contributed by atoms with Crippen LogP contribution in [0.1, 0.15) is 37.3 Å². The Morgan fingerprint density at radius 2 is 2.05 bits per heavy atom. The van der Waals surface area contributed by atoms with Gasteiger partial charge in [0.25, 0.3) is 5.91 Å². The van der Waals surface area contributed by atoms with Crippen LogP contribution in [0, 0.1) is 22.7 Å². The molecule has 190 valence electrons. The van der Waals surface area contributed by atoms with Crippen molar-refractivity contribution in [3.05, 3.63) is 53.6 Å². The maximum atomic E-state index is 12.7. The summed E-state index contributed by atoms with van der Waals surface area (Å²) in [6, 6.07) is 14.7. The maximum Gasteiger partial charge on any atom is 0.283 e. The normalized spacial score (nSPS) is 13.3. The van der Waals surface area contributed by atoms with Gasteiger partial charge in [-0.2, -0.15) is 25.9 Å². The van der Waals surface area contributed by atoms with Gasteiger partial charge >= 0.3 is 0 Å². The van der Waals surface area contributed by atoms with Gasteiger partial charge in [-0.25, -0.2) is 5.01 Å². The average molecular weight is 502 g/mol. The van der Waals surface area contributed by atoms with Gasteiger partial charge in [-0.3, -0.25) is 4.79 Å². The van der Waals surface area contributed by atoms with Crippen LogP contribution in [0.3, 0.4) is 0 Å². The molecule has 0 saturated carbocycles. The molecule has 0 bridgehead atoms. The molecule has 0 N–H and O–H groups in total. The lowest BCUT2D eigenvalue weighted by Gasteiger charge is -2.23. The summed E-state index contributed by atoms with van der Waals surface area (Å²) in [5, 5.41) is 34.8. The van der Waals surface area contributed by atoms with Crippen molar-refractivity contribution in [1.82, 2.24) is 5.01 Å². The zero-order valence-electron chi connectivity index (χ0n) is 20.7. The third-order valence-corrected chi connectivity index (χ3v) is 5.14. The van der Waals surface area contributed by atoms with E-state index in [4.69, 9.17) is 24.8 Å². The van der Waals surface area contributed by atoms with Gasteiger partial charge in [-0.1, -0.05) is 24.2 Å². The predicted octanol–water partition coefficient (Wildman–Crippen LogP) is 4.36. The zero-order valence-corrected chi connectivity index (χ0v) is 20.7. The van der Waals surface area contributed by atoms with Crippen molar-refractivity contribution in [2.24, 2.45) is 20.5 Å². The SMILES string of the molecule is CCCOc1cc(C2=NN(C(=O)CON=Cc3cccc(N=NC(C#N)C#N)c3)CCC2)ccc1OC. The molecule has 0 fully saturated rings. The topological polar surface area (TPSA) is 145 Å². The molecule has 0 radical (unpaired) electrons. The molecule has 1 aliphatic heterocycles. The Labute approximate surface area is 215 Å². The van der Waals surface area contributed by atoms with Gasteiger partial charge in [0.2, 0.25) is 6.04 Å². The molecule has 2 aromatic rings. The summed E-state index contributed by atoms with van der Waals surface area (Å²) in [5.41, 5.74) is 2.75. The highest BCUT2D eigenvalue weighted by atomic mass is 16.6. The number of amides is 1. The van der Waals surface area contributed by atoms with Crippen LogP contribution >= 0.6 is 0 Å². The largest absolute Gasteiger partial charge is 0.493 e. The monoisotopic (exact) mass is 501 g/mol. The molecule has 0 saturated heterocycles. The number of hydrogen-bond donors (Lipinski definition) is 0. The van der Waals surface area contributed by atoms with Crippen LogP contribution in [0.25, 0.3) is 0 Å². The van der Waals surface area contributed by atoms with Crippen molar-refractivity contribution >= 4 is 23.5 Å². The molecule has 0 aliphatic carbocycles. The van der Waals surface area contributed by atoms with Gasteiger partial charge in [-0.15, -0.1) is 0 Å². The third-order valence-electron chi connectivity index (χ3n) is 5.14. The fourth-order valence-electron chi connectivity index (χ4n) is 3.34. The van der Waals surface area contributed by atoms with E-state index < -0.39 is 6.04 Å². The zero-order chi connectivity index (χ0) is 26.5. The van der Waals surface area contributed by atoms with Gasteiger partial charge in [0.1, 0.15) is 12.1 Å². The molecule has 1 heterocycles. The molecule has 1 amide bonds. The molecule has 1 aliphatic rings. The molecule has 0 spiro atoms. The van der Waals surface area contributed by atoms with Crippen LogP contribution in [-0.2, 0) is 9.63 Å². The van der Waals surface area contributed by atoms with E-state index in [2.05, 4.69) is 20.5 Å². The fraction of sp³-hybridized carbons (Fsp3) is 0.346. The standard InChI is InChI=1S/C26H27N7O4/c1-3-12-36-25-14-20(9-10-24(25)35-2)23-8-5-11-33(32-23)26(34)18-37-29-17-19-6-4-7-21(13-19)30-31-22(15-27)16-28/h4,6-7,9-10,13-14,17,22H,3,5,8,11-12,18H2,1-2H3. The minimum absolute atomic E-state index is 0.272. The number of nitrogens with zero attached hydrogens (tertiary/aromatic N) is 7. The van der Waals surface area contributed by atoms with Gasteiger partial charge < -0.3 is 14.3 Å². The van der Waals surface area contributed by atoms with Crippen molar-refractivity contribution in [3.8, 4) is 23.6 Å². The molecule has 2 aromatic carbocycles. The maximum absolute atomic E-state index is 12.7.